The third kappa shape index (κ3) is 2.28. The molecule has 0 aliphatic carbocycles. The van der Waals surface area contributed by atoms with Crippen LogP contribution in [0, 0.1) is 19.7 Å². The second-order valence-electron chi connectivity index (χ2n) is 3.13. The van der Waals surface area contributed by atoms with Crippen LogP contribution in [0.25, 0.3) is 0 Å². The second kappa shape index (κ2) is 3.56. The van der Waals surface area contributed by atoms with Crippen molar-refractivity contribution in [3.8, 4) is 0 Å². The number of aryl methyl sites for hydroxylation is 2. The molecule has 13 heavy (non-hydrogen) atoms. The van der Waals surface area contributed by atoms with Gasteiger partial charge >= 0.3 is 5.97 Å². The van der Waals surface area contributed by atoms with E-state index in [1.165, 1.54) is 0 Å². The van der Waals surface area contributed by atoms with E-state index in [4.69, 9.17) is 5.11 Å². The van der Waals surface area contributed by atoms with Crippen molar-refractivity contribution in [1.82, 2.24) is 0 Å². The van der Waals surface area contributed by atoms with Crippen LogP contribution in [0.15, 0.2) is 12.1 Å². The maximum absolute atomic E-state index is 13.3. The smallest absolute Gasteiger partial charge is 0.307 e. The van der Waals surface area contributed by atoms with Crippen LogP contribution < -0.4 is 0 Å². The van der Waals surface area contributed by atoms with Gasteiger partial charge in [0.2, 0.25) is 0 Å². The van der Waals surface area contributed by atoms with Gasteiger partial charge in [0.05, 0.1) is 6.42 Å². The predicted octanol–water partition coefficient (Wildman–Crippen LogP) is 2.07. The Morgan fingerprint density at radius 2 is 2.08 bits per heavy atom. The third-order valence-electron chi connectivity index (χ3n) is 1.82. The summed E-state index contributed by atoms with van der Waals surface area (Å²) in [5, 5.41) is 8.51. The first-order valence-electron chi connectivity index (χ1n) is 3.98. The van der Waals surface area contributed by atoms with Gasteiger partial charge in [0.25, 0.3) is 0 Å². The SMILES string of the molecule is Cc1cc(C)c(F)c(CC(=O)O)c1. The lowest BCUT2D eigenvalue weighted by Gasteiger charge is -2.04. The van der Waals surface area contributed by atoms with Gasteiger partial charge in [-0.1, -0.05) is 17.7 Å². The zero-order chi connectivity index (χ0) is 10.0. The lowest BCUT2D eigenvalue weighted by Crippen LogP contribution is -2.04. The first-order valence-corrected chi connectivity index (χ1v) is 3.98. The summed E-state index contributed by atoms with van der Waals surface area (Å²) < 4.78 is 13.3. The summed E-state index contributed by atoms with van der Waals surface area (Å²) in [6.07, 6.45) is -0.256. The van der Waals surface area contributed by atoms with E-state index in [1.807, 2.05) is 6.92 Å². The molecule has 0 atom stereocenters. The molecule has 0 radical (unpaired) electrons. The Bertz CT molecular complexity index is 345. The van der Waals surface area contributed by atoms with Gasteiger partial charge in [-0.05, 0) is 25.0 Å². The lowest BCUT2D eigenvalue weighted by atomic mass is 10.0. The number of hydrogen-bond acceptors (Lipinski definition) is 1. The van der Waals surface area contributed by atoms with Crippen molar-refractivity contribution in [3.05, 3.63) is 34.6 Å². The molecule has 0 fully saturated rings. The largest absolute Gasteiger partial charge is 0.481 e. The molecule has 0 aromatic heterocycles. The molecule has 1 aromatic rings. The molecule has 2 nitrogen and oxygen atoms in total. The fourth-order valence-electron chi connectivity index (χ4n) is 1.33. The number of carboxylic acids is 1. The highest BCUT2D eigenvalue weighted by Crippen LogP contribution is 2.15. The Morgan fingerprint density at radius 1 is 1.46 bits per heavy atom. The van der Waals surface area contributed by atoms with Crippen molar-refractivity contribution in [2.75, 3.05) is 0 Å². The maximum atomic E-state index is 13.3. The molecule has 0 aliphatic rings. The molecular formula is C10H11FO2. The van der Waals surface area contributed by atoms with Gasteiger partial charge in [0, 0.05) is 0 Å². The van der Waals surface area contributed by atoms with Crippen LogP contribution in [0.2, 0.25) is 0 Å². The van der Waals surface area contributed by atoms with E-state index in [0.29, 0.717) is 5.56 Å². The van der Waals surface area contributed by atoms with Crippen molar-refractivity contribution in [2.45, 2.75) is 20.3 Å². The molecule has 3 heteroatoms. The third-order valence-corrected chi connectivity index (χ3v) is 1.82. The van der Waals surface area contributed by atoms with Crippen molar-refractivity contribution >= 4 is 5.97 Å². The van der Waals surface area contributed by atoms with Crippen LogP contribution in [0.5, 0.6) is 0 Å². The fourth-order valence-corrected chi connectivity index (χ4v) is 1.33. The van der Waals surface area contributed by atoms with Gasteiger partial charge in [-0.2, -0.15) is 0 Å². The Hall–Kier alpha value is -1.38. The van der Waals surface area contributed by atoms with E-state index in [9.17, 15) is 9.18 Å². The van der Waals surface area contributed by atoms with E-state index in [1.54, 1.807) is 19.1 Å². The number of benzene rings is 1. The molecular weight excluding hydrogens is 171 g/mol. The van der Waals surface area contributed by atoms with E-state index in [2.05, 4.69) is 0 Å². The minimum Gasteiger partial charge on any atom is -0.481 e. The zero-order valence-corrected chi connectivity index (χ0v) is 7.60. The number of hydrogen-bond donors (Lipinski definition) is 1. The summed E-state index contributed by atoms with van der Waals surface area (Å²) in [5.41, 5.74) is 1.64. The summed E-state index contributed by atoms with van der Waals surface area (Å²) in [6, 6.07) is 3.26. The molecule has 1 aromatic carbocycles. The highest BCUT2D eigenvalue weighted by molar-refractivity contribution is 5.70. The topological polar surface area (TPSA) is 37.3 Å². The van der Waals surface area contributed by atoms with Gasteiger partial charge in [-0.3, -0.25) is 4.79 Å². The summed E-state index contributed by atoms with van der Waals surface area (Å²) >= 11 is 0. The first-order chi connectivity index (χ1) is 6.00. The molecule has 0 bridgehead atoms. The summed E-state index contributed by atoms with van der Waals surface area (Å²) in [7, 11) is 0. The van der Waals surface area contributed by atoms with Crippen LogP contribution in [0.1, 0.15) is 16.7 Å². The highest BCUT2D eigenvalue weighted by atomic mass is 19.1. The van der Waals surface area contributed by atoms with Crippen LogP contribution in [0.3, 0.4) is 0 Å². The van der Waals surface area contributed by atoms with E-state index in [-0.39, 0.29) is 12.0 Å². The van der Waals surface area contributed by atoms with E-state index in [0.717, 1.165) is 5.56 Å². The van der Waals surface area contributed by atoms with E-state index >= 15 is 0 Å². The molecule has 1 N–H and O–H groups in total. The van der Waals surface area contributed by atoms with Gasteiger partial charge in [-0.25, -0.2) is 4.39 Å². The van der Waals surface area contributed by atoms with Crippen LogP contribution in [-0.2, 0) is 11.2 Å². The molecule has 0 aliphatic heterocycles. The molecule has 0 amide bonds. The van der Waals surface area contributed by atoms with E-state index < -0.39 is 11.8 Å². The molecule has 0 saturated heterocycles. The van der Waals surface area contributed by atoms with Crippen molar-refractivity contribution in [3.63, 3.8) is 0 Å². The number of halogens is 1. The normalized spacial score (nSPS) is 10.1. The van der Waals surface area contributed by atoms with Crippen LogP contribution >= 0.6 is 0 Å². The molecule has 0 heterocycles. The number of carboxylic acid groups (broad SMARTS) is 1. The second-order valence-corrected chi connectivity index (χ2v) is 3.13. The molecule has 1 rings (SSSR count). The number of rotatable bonds is 2. The Labute approximate surface area is 76.0 Å². The summed E-state index contributed by atoms with van der Waals surface area (Å²) in [5.74, 6) is -1.42. The standard InChI is InChI=1S/C10H11FO2/c1-6-3-7(2)10(11)8(4-6)5-9(12)13/h3-4H,5H2,1-2H3,(H,12,13). The monoisotopic (exact) mass is 182 g/mol. The summed E-state index contributed by atoms with van der Waals surface area (Å²) in [6.45, 7) is 3.45. The average molecular weight is 182 g/mol. The Balaban J connectivity index is 3.12. The number of aliphatic carboxylic acids is 1. The summed E-state index contributed by atoms with van der Waals surface area (Å²) in [4.78, 5) is 10.4. The van der Waals surface area contributed by atoms with Crippen molar-refractivity contribution in [2.24, 2.45) is 0 Å². The number of carbonyl (C=O) groups is 1. The zero-order valence-electron chi connectivity index (χ0n) is 7.60. The lowest BCUT2D eigenvalue weighted by molar-refractivity contribution is -0.136. The molecule has 0 spiro atoms. The van der Waals surface area contributed by atoms with Crippen LogP contribution in [-0.4, -0.2) is 11.1 Å². The fraction of sp³-hybridized carbons (Fsp3) is 0.300. The average Bonchev–Trinajstić information content (AvgIpc) is 1.98. The molecule has 70 valence electrons. The van der Waals surface area contributed by atoms with Crippen molar-refractivity contribution in [1.29, 1.82) is 0 Å². The minimum absolute atomic E-state index is 0.255. The quantitative estimate of drug-likeness (QED) is 0.760. The molecule has 0 saturated carbocycles. The Kier molecular flexibility index (Phi) is 2.66. The predicted molar refractivity (Wildman–Crippen MR) is 47.2 cm³/mol. The van der Waals surface area contributed by atoms with Gasteiger partial charge in [-0.15, -0.1) is 0 Å². The highest BCUT2D eigenvalue weighted by Gasteiger charge is 2.09. The van der Waals surface area contributed by atoms with Gasteiger partial charge in [0.15, 0.2) is 0 Å². The Morgan fingerprint density at radius 3 is 2.62 bits per heavy atom. The first kappa shape index (κ1) is 9.71. The van der Waals surface area contributed by atoms with Gasteiger partial charge < -0.3 is 5.11 Å². The maximum Gasteiger partial charge on any atom is 0.307 e. The van der Waals surface area contributed by atoms with Crippen LogP contribution in [0.4, 0.5) is 4.39 Å². The molecule has 0 unspecified atom stereocenters. The van der Waals surface area contributed by atoms with Crippen molar-refractivity contribution < 1.29 is 14.3 Å². The minimum atomic E-state index is -1.01. The van der Waals surface area contributed by atoms with Gasteiger partial charge in [0.1, 0.15) is 5.82 Å².